The molecule has 0 saturated carbocycles. The van der Waals surface area contributed by atoms with Gasteiger partial charge in [0.2, 0.25) is 0 Å². The number of ketones is 1. The number of benzene rings is 1. The Morgan fingerprint density at radius 2 is 2.00 bits per heavy atom. The average Bonchev–Trinajstić information content (AvgIpc) is 2.75. The molecule has 0 aliphatic rings. The lowest BCUT2D eigenvalue weighted by Crippen LogP contribution is -2.15. The molecule has 0 unspecified atom stereocenters. The molecule has 2 aromatic rings. The van der Waals surface area contributed by atoms with Gasteiger partial charge in [0.15, 0.2) is 18.1 Å². The Kier molecular flexibility index (Phi) is 4.57. The second-order valence-corrected chi connectivity index (χ2v) is 5.33. The summed E-state index contributed by atoms with van der Waals surface area (Å²) in [4.78, 5) is 23.6. The summed E-state index contributed by atoms with van der Waals surface area (Å²) in [5.41, 5.74) is 0.464. The Bertz CT molecular complexity index is 652. The van der Waals surface area contributed by atoms with Gasteiger partial charge in [-0.05, 0) is 12.1 Å². The standard InChI is InChI=1S/C13H10BrClN2O3/c1-17-6-10(15)12(16-17)13(19)20-7-11(18)8-2-4-9(14)5-3-8/h2-6H,7H2,1H3. The Hall–Kier alpha value is -1.66. The number of aromatic nitrogens is 2. The molecule has 0 radical (unpaired) electrons. The van der Waals surface area contributed by atoms with Gasteiger partial charge in [-0.25, -0.2) is 4.79 Å². The van der Waals surface area contributed by atoms with Gasteiger partial charge in [-0.15, -0.1) is 0 Å². The smallest absolute Gasteiger partial charge is 0.360 e. The predicted molar refractivity (Wildman–Crippen MR) is 77.0 cm³/mol. The van der Waals surface area contributed by atoms with Crippen LogP contribution in [0, 0.1) is 0 Å². The van der Waals surface area contributed by atoms with Gasteiger partial charge in [0.05, 0.1) is 5.02 Å². The molecular weight excluding hydrogens is 348 g/mol. The zero-order chi connectivity index (χ0) is 14.7. The van der Waals surface area contributed by atoms with Crippen LogP contribution in [-0.2, 0) is 11.8 Å². The highest BCUT2D eigenvalue weighted by Crippen LogP contribution is 2.15. The van der Waals surface area contributed by atoms with Crippen LogP contribution in [0.3, 0.4) is 0 Å². The number of aryl methyl sites for hydroxylation is 1. The highest BCUT2D eigenvalue weighted by molar-refractivity contribution is 9.10. The summed E-state index contributed by atoms with van der Waals surface area (Å²) in [7, 11) is 1.63. The van der Waals surface area contributed by atoms with Gasteiger partial charge in [-0.2, -0.15) is 5.10 Å². The summed E-state index contributed by atoms with van der Waals surface area (Å²) in [6.45, 7) is -0.354. The van der Waals surface area contributed by atoms with Crippen LogP contribution in [0.25, 0.3) is 0 Å². The van der Waals surface area contributed by atoms with E-state index in [1.54, 1.807) is 31.3 Å². The highest BCUT2D eigenvalue weighted by Gasteiger charge is 2.18. The van der Waals surface area contributed by atoms with Gasteiger partial charge in [0.25, 0.3) is 0 Å². The molecular formula is C13H10BrClN2O3. The molecule has 0 aliphatic carbocycles. The Labute approximate surface area is 128 Å². The molecule has 0 atom stereocenters. The van der Waals surface area contributed by atoms with Gasteiger partial charge in [0, 0.05) is 23.3 Å². The third kappa shape index (κ3) is 3.46. The zero-order valence-corrected chi connectivity index (χ0v) is 12.8. The van der Waals surface area contributed by atoms with Crippen LogP contribution in [0.4, 0.5) is 0 Å². The lowest BCUT2D eigenvalue weighted by molar-refractivity contribution is 0.0468. The summed E-state index contributed by atoms with van der Waals surface area (Å²) < 4.78 is 7.17. The van der Waals surface area contributed by atoms with E-state index in [9.17, 15) is 9.59 Å². The monoisotopic (exact) mass is 356 g/mol. The molecule has 0 amide bonds. The first-order chi connectivity index (χ1) is 9.47. The SMILES string of the molecule is Cn1cc(Cl)c(C(=O)OCC(=O)c2ccc(Br)cc2)n1. The number of halogens is 2. The first-order valence-electron chi connectivity index (χ1n) is 5.62. The van der Waals surface area contributed by atoms with E-state index in [4.69, 9.17) is 16.3 Å². The van der Waals surface area contributed by atoms with Crippen molar-refractivity contribution < 1.29 is 14.3 Å². The molecule has 0 fully saturated rings. The topological polar surface area (TPSA) is 61.2 Å². The number of hydrogen-bond acceptors (Lipinski definition) is 4. The lowest BCUT2D eigenvalue weighted by atomic mass is 10.1. The minimum absolute atomic E-state index is 0.00206. The van der Waals surface area contributed by atoms with Gasteiger partial charge in [-0.3, -0.25) is 9.48 Å². The molecule has 0 N–H and O–H groups in total. The molecule has 0 aliphatic heterocycles. The van der Waals surface area contributed by atoms with E-state index < -0.39 is 5.97 Å². The lowest BCUT2D eigenvalue weighted by Gasteiger charge is -2.03. The van der Waals surface area contributed by atoms with Crippen molar-refractivity contribution in [1.29, 1.82) is 0 Å². The second-order valence-electron chi connectivity index (χ2n) is 4.01. The summed E-state index contributed by atoms with van der Waals surface area (Å²) in [5.74, 6) is -1.01. The molecule has 1 aromatic heterocycles. The molecule has 2 rings (SSSR count). The molecule has 7 heteroatoms. The van der Waals surface area contributed by atoms with E-state index in [1.807, 2.05) is 0 Å². The predicted octanol–water partition coefficient (Wildman–Crippen LogP) is 2.88. The van der Waals surface area contributed by atoms with E-state index in [2.05, 4.69) is 21.0 Å². The van der Waals surface area contributed by atoms with Crippen molar-refractivity contribution in [2.75, 3.05) is 6.61 Å². The van der Waals surface area contributed by atoms with Crippen LogP contribution < -0.4 is 0 Å². The number of esters is 1. The molecule has 104 valence electrons. The van der Waals surface area contributed by atoms with E-state index in [0.29, 0.717) is 5.56 Å². The van der Waals surface area contributed by atoms with Gasteiger partial charge in [-0.1, -0.05) is 39.7 Å². The molecule has 1 heterocycles. The van der Waals surface area contributed by atoms with Crippen LogP contribution in [-0.4, -0.2) is 28.1 Å². The average molecular weight is 358 g/mol. The van der Waals surface area contributed by atoms with Crippen LogP contribution in [0.1, 0.15) is 20.8 Å². The van der Waals surface area contributed by atoms with Crippen molar-refractivity contribution in [3.8, 4) is 0 Å². The van der Waals surface area contributed by atoms with Crippen molar-refractivity contribution in [2.45, 2.75) is 0 Å². The highest BCUT2D eigenvalue weighted by atomic mass is 79.9. The van der Waals surface area contributed by atoms with Gasteiger partial charge < -0.3 is 4.74 Å². The van der Waals surface area contributed by atoms with Crippen molar-refractivity contribution in [1.82, 2.24) is 9.78 Å². The van der Waals surface area contributed by atoms with Crippen LogP contribution in [0.5, 0.6) is 0 Å². The fourth-order valence-corrected chi connectivity index (χ4v) is 2.04. The van der Waals surface area contributed by atoms with Crippen molar-refractivity contribution in [3.05, 3.63) is 51.2 Å². The zero-order valence-electron chi connectivity index (χ0n) is 10.5. The van der Waals surface area contributed by atoms with E-state index >= 15 is 0 Å². The Balaban J connectivity index is 1.98. The summed E-state index contributed by atoms with van der Waals surface area (Å²) in [6.07, 6.45) is 1.48. The number of nitrogens with zero attached hydrogens (tertiary/aromatic N) is 2. The summed E-state index contributed by atoms with van der Waals surface area (Å²) in [5, 5.41) is 4.05. The number of Topliss-reactive ketones (excluding diaryl/α,β-unsaturated/α-hetero) is 1. The van der Waals surface area contributed by atoms with Crippen LogP contribution in [0.15, 0.2) is 34.9 Å². The molecule has 0 spiro atoms. The van der Waals surface area contributed by atoms with E-state index in [1.165, 1.54) is 10.9 Å². The molecule has 1 aromatic carbocycles. The second kappa shape index (κ2) is 6.19. The van der Waals surface area contributed by atoms with Gasteiger partial charge >= 0.3 is 5.97 Å². The minimum atomic E-state index is -0.721. The van der Waals surface area contributed by atoms with Crippen LogP contribution in [0.2, 0.25) is 5.02 Å². The number of carbonyl (C=O) groups is 2. The van der Waals surface area contributed by atoms with E-state index in [0.717, 1.165) is 4.47 Å². The maximum Gasteiger partial charge on any atom is 0.360 e. The van der Waals surface area contributed by atoms with Crippen LogP contribution >= 0.6 is 27.5 Å². The van der Waals surface area contributed by atoms with Crippen molar-refractivity contribution >= 4 is 39.3 Å². The maximum atomic E-state index is 11.8. The third-order valence-corrected chi connectivity index (χ3v) is 3.28. The largest absolute Gasteiger partial charge is 0.452 e. The maximum absolute atomic E-state index is 11.8. The molecule has 5 nitrogen and oxygen atoms in total. The van der Waals surface area contributed by atoms with Crippen molar-refractivity contribution in [3.63, 3.8) is 0 Å². The fourth-order valence-electron chi connectivity index (χ4n) is 1.52. The number of hydrogen-bond donors (Lipinski definition) is 0. The first kappa shape index (κ1) is 14.7. The molecule has 20 heavy (non-hydrogen) atoms. The Morgan fingerprint density at radius 1 is 1.35 bits per heavy atom. The first-order valence-corrected chi connectivity index (χ1v) is 6.79. The minimum Gasteiger partial charge on any atom is -0.452 e. The number of ether oxygens (including phenoxy) is 1. The summed E-state index contributed by atoms with van der Waals surface area (Å²) in [6, 6.07) is 6.78. The van der Waals surface area contributed by atoms with Gasteiger partial charge in [0.1, 0.15) is 0 Å². The fraction of sp³-hybridized carbons (Fsp3) is 0.154. The quantitative estimate of drug-likeness (QED) is 0.623. The third-order valence-electron chi connectivity index (χ3n) is 2.48. The Morgan fingerprint density at radius 3 is 2.55 bits per heavy atom. The van der Waals surface area contributed by atoms with E-state index in [-0.39, 0.29) is 23.1 Å². The normalized spacial score (nSPS) is 10.3. The van der Waals surface area contributed by atoms with Crippen molar-refractivity contribution in [2.24, 2.45) is 7.05 Å². The molecule has 0 bridgehead atoms. The number of rotatable bonds is 4. The summed E-state index contributed by atoms with van der Waals surface area (Å²) >= 11 is 9.09. The molecule has 0 saturated heterocycles. The number of carbonyl (C=O) groups excluding carboxylic acids is 2.